The number of anilines is 1. The van der Waals surface area contributed by atoms with Gasteiger partial charge in [-0.25, -0.2) is 0 Å². The van der Waals surface area contributed by atoms with Crippen molar-refractivity contribution in [3.8, 4) is 11.1 Å². The maximum Gasteiger partial charge on any atom is 0.175 e. The van der Waals surface area contributed by atoms with Crippen molar-refractivity contribution in [2.45, 2.75) is 6.92 Å². The Kier molecular flexibility index (Phi) is 2.29. The van der Waals surface area contributed by atoms with E-state index in [1.54, 1.807) is 0 Å². The van der Waals surface area contributed by atoms with Crippen molar-refractivity contribution < 1.29 is 4.52 Å². The van der Waals surface area contributed by atoms with Gasteiger partial charge in [0.2, 0.25) is 0 Å². The molecule has 4 heteroatoms. The highest BCUT2D eigenvalue weighted by Gasteiger charge is 2.11. The summed E-state index contributed by atoms with van der Waals surface area (Å²) in [6.07, 6.45) is 0. The predicted molar refractivity (Wildman–Crippen MR) is 58.8 cm³/mol. The highest BCUT2D eigenvalue weighted by Crippen LogP contribution is 2.30. The summed E-state index contributed by atoms with van der Waals surface area (Å²) in [5.41, 5.74) is 7.58. The monoisotopic (exact) mass is 252 g/mol. The van der Waals surface area contributed by atoms with E-state index < -0.39 is 0 Å². The van der Waals surface area contributed by atoms with Crippen LogP contribution >= 0.6 is 15.9 Å². The first-order chi connectivity index (χ1) is 6.68. The van der Waals surface area contributed by atoms with E-state index in [1.165, 1.54) is 0 Å². The second-order valence-corrected chi connectivity index (χ2v) is 3.93. The molecule has 0 radical (unpaired) electrons. The van der Waals surface area contributed by atoms with Gasteiger partial charge in [0.15, 0.2) is 5.82 Å². The molecule has 0 amide bonds. The second kappa shape index (κ2) is 3.46. The molecule has 0 bridgehead atoms. The minimum absolute atomic E-state index is 0.431. The number of aryl methyl sites for hydroxylation is 1. The summed E-state index contributed by atoms with van der Waals surface area (Å²) in [7, 11) is 0. The third-order valence-corrected chi connectivity index (χ3v) is 2.50. The Hall–Kier alpha value is -1.29. The zero-order valence-electron chi connectivity index (χ0n) is 7.62. The number of nitrogens with two attached hydrogens (primary N) is 1. The van der Waals surface area contributed by atoms with Crippen LogP contribution in [0, 0.1) is 6.92 Å². The molecule has 72 valence electrons. The van der Waals surface area contributed by atoms with Crippen LogP contribution in [0.15, 0.2) is 33.3 Å². The lowest BCUT2D eigenvalue weighted by atomic mass is 10.1. The highest BCUT2D eigenvalue weighted by atomic mass is 79.9. The first-order valence-corrected chi connectivity index (χ1v) is 4.95. The number of halogens is 1. The van der Waals surface area contributed by atoms with Crippen molar-refractivity contribution in [2.24, 2.45) is 0 Å². The van der Waals surface area contributed by atoms with E-state index in [0.717, 1.165) is 21.4 Å². The summed E-state index contributed by atoms with van der Waals surface area (Å²) in [5, 5.41) is 3.71. The fourth-order valence-electron chi connectivity index (χ4n) is 1.38. The van der Waals surface area contributed by atoms with Crippen LogP contribution in [-0.2, 0) is 0 Å². The molecular formula is C10H9BrN2O. The van der Waals surface area contributed by atoms with Crippen LogP contribution in [0.3, 0.4) is 0 Å². The standard InChI is InChI=1S/C10H9BrN2O/c1-6-9(10(12)13-14-6)7-3-2-4-8(11)5-7/h2-5H,1H3,(H2,12,13). The second-order valence-electron chi connectivity index (χ2n) is 3.01. The van der Waals surface area contributed by atoms with Crippen molar-refractivity contribution in [1.29, 1.82) is 0 Å². The molecule has 0 saturated carbocycles. The van der Waals surface area contributed by atoms with Gasteiger partial charge in [0.1, 0.15) is 5.76 Å². The fraction of sp³-hybridized carbons (Fsp3) is 0.100. The average Bonchev–Trinajstić information content (AvgIpc) is 2.46. The zero-order valence-corrected chi connectivity index (χ0v) is 9.21. The molecule has 0 spiro atoms. The largest absolute Gasteiger partial charge is 0.380 e. The third-order valence-electron chi connectivity index (χ3n) is 2.00. The van der Waals surface area contributed by atoms with E-state index in [9.17, 15) is 0 Å². The summed E-state index contributed by atoms with van der Waals surface area (Å²) in [6.45, 7) is 1.85. The summed E-state index contributed by atoms with van der Waals surface area (Å²) in [6, 6.07) is 7.87. The van der Waals surface area contributed by atoms with Crippen molar-refractivity contribution >= 4 is 21.7 Å². The number of hydrogen-bond donors (Lipinski definition) is 1. The molecule has 1 heterocycles. The lowest BCUT2D eigenvalue weighted by Gasteiger charge is -1.99. The maximum absolute atomic E-state index is 5.70. The molecule has 0 atom stereocenters. The number of benzene rings is 1. The number of nitrogens with zero attached hydrogens (tertiary/aromatic N) is 1. The van der Waals surface area contributed by atoms with Gasteiger partial charge in [-0.2, -0.15) is 0 Å². The molecular weight excluding hydrogens is 244 g/mol. The van der Waals surface area contributed by atoms with E-state index >= 15 is 0 Å². The minimum atomic E-state index is 0.431. The number of hydrogen-bond acceptors (Lipinski definition) is 3. The van der Waals surface area contributed by atoms with Crippen molar-refractivity contribution in [2.75, 3.05) is 5.73 Å². The van der Waals surface area contributed by atoms with E-state index in [0.29, 0.717) is 5.82 Å². The Bertz CT molecular complexity index is 445. The van der Waals surface area contributed by atoms with E-state index in [2.05, 4.69) is 21.1 Å². The Balaban J connectivity index is 2.59. The summed E-state index contributed by atoms with van der Waals surface area (Å²) in [4.78, 5) is 0. The van der Waals surface area contributed by atoms with Crippen molar-refractivity contribution in [3.05, 3.63) is 34.5 Å². The van der Waals surface area contributed by atoms with Crippen LogP contribution in [-0.4, -0.2) is 5.16 Å². The molecule has 2 aromatic rings. The Morgan fingerprint density at radius 2 is 2.21 bits per heavy atom. The van der Waals surface area contributed by atoms with Gasteiger partial charge in [-0.05, 0) is 24.6 Å². The summed E-state index contributed by atoms with van der Waals surface area (Å²) < 4.78 is 6.01. The predicted octanol–water partition coefficient (Wildman–Crippen LogP) is 2.99. The fourth-order valence-corrected chi connectivity index (χ4v) is 1.78. The molecule has 3 nitrogen and oxygen atoms in total. The van der Waals surface area contributed by atoms with Gasteiger partial charge in [0, 0.05) is 4.47 Å². The average molecular weight is 253 g/mol. The van der Waals surface area contributed by atoms with Gasteiger partial charge < -0.3 is 10.3 Å². The number of aromatic nitrogens is 1. The first kappa shape index (κ1) is 9.27. The normalized spacial score (nSPS) is 10.4. The Labute approximate surface area is 90.0 Å². The molecule has 1 aromatic heterocycles. The van der Waals surface area contributed by atoms with Gasteiger partial charge in [0.25, 0.3) is 0 Å². The van der Waals surface area contributed by atoms with Gasteiger partial charge in [0.05, 0.1) is 5.56 Å². The van der Waals surface area contributed by atoms with Gasteiger partial charge >= 0.3 is 0 Å². The molecule has 0 aliphatic carbocycles. The van der Waals surface area contributed by atoms with Crippen LogP contribution in [0.1, 0.15) is 5.76 Å². The molecule has 1 aromatic carbocycles. The number of rotatable bonds is 1. The Morgan fingerprint density at radius 3 is 2.79 bits per heavy atom. The minimum Gasteiger partial charge on any atom is -0.380 e. The smallest absolute Gasteiger partial charge is 0.175 e. The lowest BCUT2D eigenvalue weighted by molar-refractivity contribution is 0.401. The molecule has 0 aliphatic heterocycles. The van der Waals surface area contributed by atoms with Gasteiger partial charge in [-0.3, -0.25) is 0 Å². The lowest BCUT2D eigenvalue weighted by Crippen LogP contribution is -1.88. The van der Waals surface area contributed by atoms with Crippen LogP contribution in [0.5, 0.6) is 0 Å². The summed E-state index contributed by atoms with van der Waals surface area (Å²) >= 11 is 3.40. The molecule has 0 fully saturated rings. The quantitative estimate of drug-likeness (QED) is 0.849. The Morgan fingerprint density at radius 1 is 1.43 bits per heavy atom. The van der Waals surface area contributed by atoms with Crippen LogP contribution in [0.25, 0.3) is 11.1 Å². The maximum atomic E-state index is 5.70. The van der Waals surface area contributed by atoms with Gasteiger partial charge in [-0.1, -0.05) is 33.2 Å². The third kappa shape index (κ3) is 1.53. The molecule has 0 aliphatic rings. The van der Waals surface area contributed by atoms with Crippen LogP contribution < -0.4 is 5.73 Å². The first-order valence-electron chi connectivity index (χ1n) is 4.16. The molecule has 2 N–H and O–H groups in total. The van der Waals surface area contributed by atoms with Crippen molar-refractivity contribution in [3.63, 3.8) is 0 Å². The molecule has 2 rings (SSSR count). The summed E-state index contributed by atoms with van der Waals surface area (Å²) in [5.74, 6) is 1.17. The zero-order chi connectivity index (χ0) is 10.1. The van der Waals surface area contributed by atoms with Crippen LogP contribution in [0.2, 0.25) is 0 Å². The topological polar surface area (TPSA) is 52.0 Å². The highest BCUT2D eigenvalue weighted by molar-refractivity contribution is 9.10. The van der Waals surface area contributed by atoms with E-state index in [1.807, 2.05) is 31.2 Å². The molecule has 0 saturated heterocycles. The van der Waals surface area contributed by atoms with Crippen molar-refractivity contribution in [1.82, 2.24) is 5.16 Å². The van der Waals surface area contributed by atoms with Gasteiger partial charge in [-0.15, -0.1) is 0 Å². The SMILES string of the molecule is Cc1onc(N)c1-c1cccc(Br)c1. The molecule has 14 heavy (non-hydrogen) atoms. The number of nitrogen functional groups attached to an aromatic ring is 1. The molecule has 0 unspecified atom stereocenters. The van der Waals surface area contributed by atoms with E-state index in [-0.39, 0.29) is 0 Å². The van der Waals surface area contributed by atoms with E-state index in [4.69, 9.17) is 10.3 Å². The van der Waals surface area contributed by atoms with Crippen LogP contribution in [0.4, 0.5) is 5.82 Å².